The molecule has 1 aliphatic carbocycles. The first kappa shape index (κ1) is 29.1. The molecule has 12 nitrogen and oxygen atoms in total. The minimum Gasteiger partial charge on any atom is -0.462 e. The number of H-pyrrole nitrogens is 1. The van der Waals surface area contributed by atoms with Crippen LogP contribution in [0.4, 0.5) is 15.0 Å². The Morgan fingerprint density at radius 2 is 2.09 bits per heavy atom. The van der Waals surface area contributed by atoms with Crippen molar-refractivity contribution >= 4 is 33.7 Å². The van der Waals surface area contributed by atoms with E-state index in [1.807, 2.05) is 19.9 Å². The minimum absolute atomic E-state index is 0.0953. The molecule has 1 amide bonds. The molecule has 10 rings (SSSR count). The van der Waals surface area contributed by atoms with Gasteiger partial charge in [-0.05, 0) is 69.1 Å². The molecule has 0 spiro atoms. The van der Waals surface area contributed by atoms with Gasteiger partial charge in [0.1, 0.15) is 23.6 Å². The fourth-order valence-electron chi connectivity index (χ4n) is 8.55. The molecule has 8 heterocycles. The lowest BCUT2D eigenvalue weighted by Gasteiger charge is -2.41. The number of piperidine rings is 1. The summed E-state index contributed by atoms with van der Waals surface area (Å²) in [6.45, 7) is 8.24. The number of nitrogens with one attached hydrogen (secondary N) is 2. The summed E-state index contributed by atoms with van der Waals surface area (Å²) in [5.41, 5.74) is 3.36. The zero-order valence-corrected chi connectivity index (χ0v) is 26.7. The van der Waals surface area contributed by atoms with Gasteiger partial charge < -0.3 is 24.4 Å². The summed E-state index contributed by atoms with van der Waals surface area (Å²) in [5.74, 6) is 0.267. The Bertz CT molecular complexity index is 1900. The van der Waals surface area contributed by atoms with Crippen LogP contribution in [0, 0.1) is 18.7 Å². The SMILES string of the molecule is Cc1cc2[nH]ncc2c2c1C1CC1COC(=O)N[C@]1(C)CCCN(C1)c1nc(OCC3CCC4COCCN43)nc3c(F)c-2ncc13. The van der Waals surface area contributed by atoms with E-state index in [1.54, 1.807) is 12.4 Å². The van der Waals surface area contributed by atoms with Gasteiger partial charge >= 0.3 is 12.1 Å². The van der Waals surface area contributed by atoms with E-state index >= 15 is 4.39 Å². The van der Waals surface area contributed by atoms with Crippen LogP contribution in [0.1, 0.15) is 56.1 Å². The molecule has 4 fully saturated rings. The van der Waals surface area contributed by atoms with Gasteiger partial charge in [0.2, 0.25) is 0 Å². The lowest BCUT2D eigenvalue weighted by Crippen LogP contribution is -2.57. The predicted octanol–water partition coefficient (Wildman–Crippen LogP) is 4.46. The van der Waals surface area contributed by atoms with Gasteiger partial charge in [0.15, 0.2) is 5.82 Å². The number of nitrogens with zero attached hydrogens (tertiary/aromatic N) is 6. The number of aryl methyl sites for hydroxylation is 1. The molecule has 3 aromatic heterocycles. The molecular formula is C34H39FN8O4. The summed E-state index contributed by atoms with van der Waals surface area (Å²) < 4.78 is 35.0. The van der Waals surface area contributed by atoms with Gasteiger partial charge in [0.05, 0.1) is 42.5 Å². The highest BCUT2D eigenvalue weighted by molar-refractivity contribution is 6.00. The number of pyridine rings is 1. The fourth-order valence-corrected chi connectivity index (χ4v) is 8.55. The van der Waals surface area contributed by atoms with Crippen molar-refractivity contribution < 1.29 is 23.4 Å². The number of alkyl carbamates (subject to hydrolysis) is 1. The third-order valence-electron chi connectivity index (χ3n) is 11.0. The van der Waals surface area contributed by atoms with Crippen LogP contribution in [0.25, 0.3) is 33.1 Å². The average molecular weight is 643 g/mol. The first-order chi connectivity index (χ1) is 22.8. The molecule has 4 aromatic rings. The van der Waals surface area contributed by atoms with Crippen molar-refractivity contribution in [2.75, 3.05) is 51.0 Å². The Balaban J connectivity index is 1.20. The van der Waals surface area contributed by atoms with Crippen LogP contribution in [-0.4, -0.2) is 99.8 Å². The molecule has 47 heavy (non-hydrogen) atoms. The Hall–Kier alpha value is -4.10. The van der Waals surface area contributed by atoms with E-state index in [2.05, 4.69) is 25.3 Å². The maximum atomic E-state index is 17.2. The summed E-state index contributed by atoms with van der Waals surface area (Å²) in [5, 5.41) is 11.8. The number of benzene rings is 1. The monoisotopic (exact) mass is 642 g/mol. The molecule has 1 saturated carbocycles. The molecule has 1 aromatic carbocycles. The maximum Gasteiger partial charge on any atom is 0.407 e. The Morgan fingerprint density at radius 3 is 3.00 bits per heavy atom. The summed E-state index contributed by atoms with van der Waals surface area (Å²) in [6.07, 6.45) is 7.50. The first-order valence-corrected chi connectivity index (χ1v) is 16.8. The molecule has 0 radical (unpaired) electrons. The number of halogens is 1. The summed E-state index contributed by atoms with van der Waals surface area (Å²) >= 11 is 0. The number of carbonyl (C=O) groups is 1. The predicted molar refractivity (Wildman–Crippen MR) is 172 cm³/mol. The van der Waals surface area contributed by atoms with Crippen molar-refractivity contribution in [1.29, 1.82) is 0 Å². The Morgan fingerprint density at radius 1 is 1.17 bits per heavy atom. The van der Waals surface area contributed by atoms with Gasteiger partial charge in [0, 0.05) is 54.8 Å². The molecule has 5 atom stereocenters. The number of rotatable bonds is 3. The number of amides is 1. The van der Waals surface area contributed by atoms with Gasteiger partial charge in [-0.15, -0.1) is 0 Å². The van der Waals surface area contributed by atoms with E-state index in [4.69, 9.17) is 29.2 Å². The van der Waals surface area contributed by atoms with Crippen LogP contribution >= 0.6 is 0 Å². The number of morpholine rings is 1. The smallest absolute Gasteiger partial charge is 0.407 e. The molecular weight excluding hydrogens is 603 g/mol. The van der Waals surface area contributed by atoms with Gasteiger partial charge in [0.25, 0.3) is 0 Å². The van der Waals surface area contributed by atoms with E-state index in [9.17, 15) is 4.79 Å². The van der Waals surface area contributed by atoms with Crippen LogP contribution < -0.4 is 15.0 Å². The second-order valence-electron chi connectivity index (χ2n) is 14.2. The summed E-state index contributed by atoms with van der Waals surface area (Å²) in [4.78, 5) is 32.1. The third-order valence-corrected chi connectivity index (χ3v) is 11.0. The maximum absolute atomic E-state index is 17.2. The number of aromatic nitrogens is 5. The van der Waals surface area contributed by atoms with Crippen molar-refractivity contribution in [3.05, 3.63) is 35.4 Å². The Kier molecular flexibility index (Phi) is 6.79. The van der Waals surface area contributed by atoms with E-state index in [0.717, 1.165) is 67.3 Å². The van der Waals surface area contributed by atoms with Crippen LogP contribution in [-0.2, 0) is 9.47 Å². The van der Waals surface area contributed by atoms with Gasteiger partial charge in [-0.2, -0.15) is 15.1 Å². The lowest BCUT2D eigenvalue weighted by molar-refractivity contribution is -0.0101. The van der Waals surface area contributed by atoms with Crippen molar-refractivity contribution in [2.24, 2.45) is 5.92 Å². The lowest BCUT2D eigenvalue weighted by atomic mass is 9.90. The fraction of sp³-hybridized carbons (Fsp3) is 0.559. The molecule has 2 N–H and O–H groups in total. The minimum atomic E-state index is -0.565. The van der Waals surface area contributed by atoms with Crippen LogP contribution in [0.2, 0.25) is 0 Å². The summed E-state index contributed by atoms with van der Waals surface area (Å²) in [7, 11) is 0. The second-order valence-corrected chi connectivity index (χ2v) is 14.2. The average Bonchev–Trinajstić information content (AvgIpc) is 3.45. The van der Waals surface area contributed by atoms with E-state index < -0.39 is 17.4 Å². The zero-order valence-electron chi connectivity index (χ0n) is 26.7. The first-order valence-electron chi connectivity index (χ1n) is 16.8. The Labute approximate surface area is 271 Å². The largest absolute Gasteiger partial charge is 0.462 e. The second kappa shape index (κ2) is 11.0. The van der Waals surface area contributed by atoms with Gasteiger partial charge in [-0.25, -0.2) is 9.18 Å². The van der Waals surface area contributed by atoms with E-state index in [-0.39, 0.29) is 35.1 Å². The topological polar surface area (TPSA) is 131 Å². The van der Waals surface area contributed by atoms with E-state index in [1.165, 1.54) is 0 Å². The number of hydrogen-bond donors (Lipinski definition) is 2. The number of ether oxygens (including phenoxy) is 3. The molecule has 6 aliphatic rings. The third kappa shape index (κ3) is 4.97. The highest BCUT2D eigenvalue weighted by Crippen LogP contribution is 2.53. The number of fused-ring (bicyclic) bond motifs is 6. The van der Waals surface area contributed by atoms with Crippen molar-refractivity contribution in [3.63, 3.8) is 0 Å². The van der Waals surface area contributed by atoms with Gasteiger partial charge in [-0.3, -0.25) is 15.0 Å². The number of anilines is 1. The number of carbonyl (C=O) groups excluding carboxylic acids is 1. The van der Waals surface area contributed by atoms with Gasteiger partial charge in [-0.1, -0.05) is 0 Å². The standard InChI is InChI=1S/C34H39FN8O4/c1-18-10-25-23(13-37-41-25)27-26(18)22-11-19(22)14-47-33(44)40-34(2)6-3-7-42(17-34)31-24-12-36-30(27)28(35)29(24)38-32(39-31)46-16-21-5-4-20-15-45-9-8-43(20)21/h10,12-13,19-22H,3-9,11,14-17H2,1-2H3,(H,37,41)(H,40,44)/t19?,20?,21?,22?,34-/m1/s1. The molecule has 246 valence electrons. The zero-order chi connectivity index (χ0) is 31.9. The van der Waals surface area contributed by atoms with Crippen LogP contribution in [0.15, 0.2) is 18.5 Å². The molecule has 5 aliphatic heterocycles. The van der Waals surface area contributed by atoms with Crippen molar-refractivity contribution in [2.45, 2.75) is 69.5 Å². The highest BCUT2D eigenvalue weighted by Gasteiger charge is 2.44. The van der Waals surface area contributed by atoms with Crippen molar-refractivity contribution in [1.82, 2.24) is 35.4 Å². The summed E-state index contributed by atoms with van der Waals surface area (Å²) in [6, 6.07) is 2.81. The van der Waals surface area contributed by atoms with Crippen molar-refractivity contribution in [3.8, 4) is 17.3 Å². The quantitative estimate of drug-likeness (QED) is 0.330. The number of aromatic amines is 1. The molecule has 13 heteroatoms. The number of hydrogen-bond acceptors (Lipinski definition) is 10. The van der Waals surface area contributed by atoms with Crippen LogP contribution in [0.3, 0.4) is 0 Å². The molecule has 6 bridgehead atoms. The normalized spacial score (nSPS) is 29.0. The van der Waals surface area contributed by atoms with E-state index in [0.29, 0.717) is 55.7 Å². The van der Waals surface area contributed by atoms with Crippen LogP contribution in [0.5, 0.6) is 6.01 Å². The molecule has 3 saturated heterocycles. The molecule has 4 unspecified atom stereocenters. The highest BCUT2D eigenvalue weighted by atomic mass is 19.1.